The van der Waals surface area contributed by atoms with Crippen LogP contribution >= 0.6 is 23.1 Å². The van der Waals surface area contributed by atoms with Crippen molar-refractivity contribution in [2.24, 2.45) is 0 Å². The molecule has 2 atom stereocenters. The quantitative estimate of drug-likeness (QED) is 0.849. The van der Waals surface area contributed by atoms with Gasteiger partial charge in [-0.1, -0.05) is 6.42 Å². The molecule has 4 nitrogen and oxygen atoms in total. The van der Waals surface area contributed by atoms with E-state index in [1.165, 1.54) is 46.4 Å². The van der Waals surface area contributed by atoms with E-state index >= 15 is 0 Å². The molecule has 0 spiro atoms. The highest BCUT2D eigenvalue weighted by Crippen LogP contribution is 2.34. The van der Waals surface area contributed by atoms with Crippen LogP contribution in [0.1, 0.15) is 46.3 Å². The number of carbonyl (C=O) groups is 2. The molecule has 0 radical (unpaired) electrons. The number of hydrogen-bond acceptors (Lipinski definition) is 4. The van der Waals surface area contributed by atoms with Crippen molar-refractivity contribution in [2.45, 2.75) is 50.4 Å². The number of carbonyl (C=O) groups excluding carboxylic acids is 1. The number of rotatable bonds is 2. The van der Waals surface area contributed by atoms with Crippen LogP contribution in [0.3, 0.4) is 0 Å². The summed E-state index contributed by atoms with van der Waals surface area (Å²) >= 11 is 3.10. The summed E-state index contributed by atoms with van der Waals surface area (Å²) in [6.45, 7) is 1.91. The zero-order valence-electron chi connectivity index (χ0n) is 12.0. The number of amides is 1. The fourth-order valence-electron chi connectivity index (χ4n) is 3.04. The molecule has 2 aliphatic rings. The topological polar surface area (TPSA) is 57.6 Å². The van der Waals surface area contributed by atoms with Gasteiger partial charge in [-0.3, -0.25) is 4.79 Å². The minimum absolute atomic E-state index is 0.0690. The summed E-state index contributed by atoms with van der Waals surface area (Å²) in [5, 5.41) is 9.22. The van der Waals surface area contributed by atoms with E-state index in [-0.39, 0.29) is 11.3 Å². The first-order chi connectivity index (χ1) is 10.1. The highest BCUT2D eigenvalue weighted by molar-refractivity contribution is 8.00. The molecule has 1 aliphatic carbocycles. The number of carboxylic acid groups (broad SMARTS) is 1. The molecule has 0 bridgehead atoms. The van der Waals surface area contributed by atoms with Gasteiger partial charge in [0.25, 0.3) is 5.91 Å². The van der Waals surface area contributed by atoms with Crippen LogP contribution in [0.25, 0.3) is 0 Å². The molecule has 0 aromatic carbocycles. The second-order valence-corrected chi connectivity index (χ2v) is 8.10. The largest absolute Gasteiger partial charge is 0.480 e. The molecule has 3 rings (SSSR count). The SMILES string of the molecule is CC1SCC(C(=O)O)N1C(=O)c1cc2c(s1)CCCCC2. The van der Waals surface area contributed by atoms with Crippen molar-refractivity contribution in [3.8, 4) is 0 Å². The summed E-state index contributed by atoms with van der Waals surface area (Å²) in [5.74, 6) is -0.538. The second kappa shape index (κ2) is 6.01. The lowest BCUT2D eigenvalue weighted by atomic mass is 10.1. The van der Waals surface area contributed by atoms with Crippen LogP contribution in [0.5, 0.6) is 0 Å². The van der Waals surface area contributed by atoms with Gasteiger partial charge < -0.3 is 10.0 Å². The van der Waals surface area contributed by atoms with Gasteiger partial charge in [-0.15, -0.1) is 23.1 Å². The van der Waals surface area contributed by atoms with Crippen molar-refractivity contribution >= 4 is 35.0 Å². The van der Waals surface area contributed by atoms with E-state index in [0.29, 0.717) is 10.6 Å². The highest BCUT2D eigenvalue weighted by atomic mass is 32.2. The summed E-state index contributed by atoms with van der Waals surface area (Å²) in [4.78, 5) is 27.6. The van der Waals surface area contributed by atoms with Gasteiger partial charge in [0.15, 0.2) is 0 Å². The average Bonchev–Trinajstić information content (AvgIpc) is 2.96. The molecular weight excluding hydrogens is 306 g/mol. The molecular formula is C15H19NO3S2. The van der Waals surface area contributed by atoms with E-state index in [2.05, 4.69) is 0 Å². The number of carboxylic acids is 1. The molecule has 6 heteroatoms. The lowest BCUT2D eigenvalue weighted by Crippen LogP contribution is -2.44. The third kappa shape index (κ3) is 2.83. The lowest BCUT2D eigenvalue weighted by Gasteiger charge is -2.24. The zero-order chi connectivity index (χ0) is 15.0. The van der Waals surface area contributed by atoms with Gasteiger partial charge in [-0.25, -0.2) is 4.79 Å². The Hall–Kier alpha value is -1.01. The Morgan fingerprint density at radius 1 is 1.29 bits per heavy atom. The van der Waals surface area contributed by atoms with Gasteiger partial charge in [0, 0.05) is 10.6 Å². The molecule has 1 aromatic rings. The zero-order valence-corrected chi connectivity index (χ0v) is 13.6. The normalized spacial score (nSPS) is 25.5. The molecule has 1 aromatic heterocycles. The predicted molar refractivity (Wildman–Crippen MR) is 85.1 cm³/mol. The van der Waals surface area contributed by atoms with Crippen LogP contribution < -0.4 is 0 Å². The second-order valence-electron chi connectivity index (χ2n) is 5.62. The Kier molecular flexibility index (Phi) is 4.26. The maximum absolute atomic E-state index is 12.7. The molecule has 2 heterocycles. The Morgan fingerprint density at radius 3 is 2.81 bits per heavy atom. The lowest BCUT2D eigenvalue weighted by molar-refractivity contribution is -0.141. The summed E-state index contributed by atoms with van der Waals surface area (Å²) < 4.78 is 0. The maximum Gasteiger partial charge on any atom is 0.327 e. The van der Waals surface area contributed by atoms with Gasteiger partial charge >= 0.3 is 5.97 Å². The first-order valence-electron chi connectivity index (χ1n) is 7.36. The molecule has 2 unspecified atom stereocenters. The minimum Gasteiger partial charge on any atom is -0.480 e. The van der Waals surface area contributed by atoms with E-state index in [0.717, 1.165) is 12.8 Å². The fraction of sp³-hybridized carbons (Fsp3) is 0.600. The van der Waals surface area contributed by atoms with Crippen LogP contribution in [0, 0.1) is 0 Å². The first-order valence-corrected chi connectivity index (χ1v) is 9.23. The molecule has 1 fully saturated rings. The van der Waals surface area contributed by atoms with Crippen molar-refractivity contribution in [3.05, 3.63) is 21.4 Å². The van der Waals surface area contributed by atoms with E-state index in [9.17, 15) is 14.7 Å². The average molecular weight is 325 g/mol. The number of hydrogen-bond donors (Lipinski definition) is 1. The minimum atomic E-state index is -0.904. The smallest absolute Gasteiger partial charge is 0.327 e. The summed E-state index contributed by atoms with van der Waals surface area (Å²) in [6.07, 6.45) is 5.73. The van der Waals surface area contributed by atoms with Crippen molar-refractivity contribution in [3.63, 3.8) is 0 Å². The molecule has 1 saturated heterocycles. The number of aryl methyl sites for hydroxylation is 2. The third-order valence-corrected chi connectivity index (χ3v) is 6.64. The summed E-state index contributed by atoms with van der Waals surface area (Å²) in [6, 6.07) is 1.31. The van der Waals surface area contributed by atoms with Crippen molar-refractivity contribution < 1.29 is 14.7 Å². The Morgan fingerprint density at radius 2 is 2.05 bits per heavy atom. The van der Waals surface area contributed by atoms with E-state index < -0.39 is 12.0 Å². The first kappa shape index (κ1) is 14.9. The van der Waals surface area contributed by atoms with Crippen LogP contribution in [-0.4, -0.2) is 39.1 Å². The van der Waals surface area contributed by atoms with E-state index in [1.807, 2.05) is 13.0 Å². The molecule has 1 N–H and O–H groups in total. The van der Waals surface area contributed by atoms with Gasteiger partial charge in [0.1, 0.15) is 6.04 Å². The fourth-order valence-corrected chi connectivity index (χ4v) is 5.41. The third-order valence-electron chi connectivity index (χ3n) is 4.20. The molecule has 1 amide bonds. The van der Waals surface area contributed by atoms with Gasteiger partial charge in [0.2, 0.25) is 0 Å². The Balaban J connectivity index is 1.86. The van der Waals surface area contributed by atoms with Crippen LogP contribution in [0.2, 0.25) is 0 Å². The van der Waals surface area contributed by atoms with Crippen LogP contribution in [-0.2, 0) is 17.6 Å². The molecule has 0 saturated carbocycles. The summed E-state index contributed by atoms with van der Waals surface area (Å²) in [7, 11) is 0. The van der Waals surface area contributed by atoms with E-state index in [1.54, 1.807) is 11.3 Å². The standard InChI is InChI=1S/C15H19NO3S2/c1-9-16(11(8-20-9)15(18)19)14(17)13-7-10-5-3-2-4-6-12(10)21-13/h7,9,11H,2-6,8H2,1H3,(H,18,19). The van der Waals surface area contributed by atoms with Crippen molar-refractivity contribution in [2.75, 3.05) is 5.75 Å². The van der Waals surface area contributed by atoms with Crippen LogP contribution in [0.4, 0.5) is 0 Å². The molecule has 21 heavy (non-hydrogen) atoms. The van der Waals surface area contributed by atoms with Crippen molar-refractivity contribution in [1.29, 1.82) is 0 Å². The number of nitrogens with zero attached hydrogens (tertiary/aromatic N) is 1. The number of fused-ring (bicyclic) bond motifs is 1. The van der Waals surface area contributed by atoms with Gasteiger partial charge in [-0.05, 0) is 44.2 Å². The molecule has 1 aliphatic heterocycles. The Labute approximate surface area is 132 Å². The number of thiophene rings is 1. The van der Waals surface area contributed by atoms with Gasteiger partial charge in [0.05, 0.1) is 10.3 Å². The summed E-state index contributed by atoms with van der Waals surface area (Å²) in [5.41, 5.74) is 1.30. The van der Waals surface area contributed by atoms with Crippen molar-refractivity contribution in [1.82, 2.24) is 4.90 Å². The van der Waals surface area contributed by atoms with E-state index in [4.69, 9.17) is 0 Å². The Bertz CT molecular complexity index is 546. The van der Waals surface area contributed by atoms with Gasteiger partial charge in [-0.2, -0.15) is 0 Å². The number of thioether (sulfide) groups is 1. The predicted octanol–water partition coefficient (Wildman–Crippen LogP) is 3.01. The monoisotopic (exact) mass is 325 g/mol. The number of aliphatic carboxylic acids is 1. The highest BCUT2D eigenvalue weighted by Gasteiger charge is 2.40. The molecule has 114 valence electrons. The van der Waals surface area contributed by atoms with Crippen LogP contribution in [0.15, 0.2) is 6.07 Å². The maximum atomic E-state index is 12.7.